The lowest BCUT2D eigenvalue weighted by molar-refractivity contribution is 0.535. The van der Waals surface area contributed by atoms with Crippen molar-refractivity contribution in [2.75, 3.05) is 6.26 Å². The number of hydrogen-bond donors (Lipinski definition) is 2. The Morgan fingerprint density at radius 1 is 1.26 bits per heavy atom. The van der Waals surface area contributed by atoms with Crippen LogP contribution in [-0.2, 0) is 16.3 Å². The molecule has 0 amide bonds. The zero-order valence-corrected chi connectivity index (χ0v) is 11.4. The monoisotopic (exact) mass is 280 g/mol. The van der Waals surface area contributed by atoms with Crippen molar-refractivity contribution in [3.05, 3.63) is 54.0 Å². The molecule has 19 heavy (non-hydrogen) atoms. The molecule has 0 spiro atoms. The van der Waals surface area contributed by atoms with E-state index in [9.17, 15) is 8.42 Å². The van der Waals surface area contributed by atoms with Gasteiger partial charge in [-0.3, -0.25) is 11.3 Å². The van der Waals surface area contributed by atoms with Gasteiger partial charge in [-0.15, -0.1) is 0 Å². The minimum Gasteiger partial charge on any atom is -0.472 e. The first-order valence-corrected chi connectivity index (χ1v) is 7.67. The van der Waals surface area contributed by atoms with Gasteiger partial charge in [-0.05, 0) is 35.7 Å². The van der Waals surface area contributed by atoms with Gasteiger partial charge in [0.25, 0.3) is 0 Å². The average Bonchev–Trinajstić information content (AvgIpc) is 2.88. The van der Waals surface area contributed by atoms with E-state index in [2.05, 4.69) is 5.43 Å². The van der Waals surface area contributed by atoms with Crippen LogP contribution in [0.2, 0.25) is 0 Å². The van der Waals surface area contributed by atoms with E-state index in [1.165, 1.54) is 6.26 Å². The molecule has 3 N–H and O–H groups in total. The zero-order valence-electron chi connectivity index (χ0n) is 10.5. The molecule has 1 atom stereocenters. The summed E-state index contributed by atoms with van der Waals surface area (Å²) in [5.74, 6) is 5.55. The van der Waals surface area contributed by atoms with E-state index >= 15 is 0 Å². The predicted octanol–water partition coefficient (Wildman–Crippen LogP) is 1.43. The normalized spacial score (nSPS) is 13.4. The molecule has 0 aliphatic carbocycles. The van der Waals surface area contributed by atoms with Gasteiger partial charge in [0.05, 0.1) is 23.5 Å². The Labute approximate surface area is 112 Å². The Morgan fingerprint density at radius 2 is 1.95 bits per heavy atom. The fourth-order valence-corrected chi connectivity index (χ4v) is 2.50. The Bertz CT molecular complexity index is 618. The van der Waals surface area contributed by atoms with Gasteiger partial charge in [-0.1, -0.05) is 12.1 Å². The number of benzene rings is 1. The summed E-state index contributed by atoms with van der Waals surface area (Å²) in [6.07, 6.45) is 5.13. The second-order valence-corrected chi connectivity index (χ2v) is 6.41. The lowest BCUT2D eigenvalue weighted by Gasteiger charge is -2.15. The summed E-state index contributed by atoms with van der Waals surface area (Å²) in [7, 11) is -3.17. The molecule has 5 nitrogen and oxygen atoms in total. The maximum Gasteiger partial charge on any atom is 0.175 e. The summed E-state index contributed by atoms with van der Waals surface area (Å²) in [4.78, 5) is 0.301. The van der Waals surface area contributed by atoms with Gasteiger partial charge < -0.3 is 4.42 Å². The second kappa shape index (κ2) is 5.56. The summed E-state index contributed by atoms with van der Waals surface area (Å²) in [5, 5.41) is 0. The van der Waals surface area contributed by atoms with Crippen molar-refractivity contribution in [1.82, 2.24) is 5.43 Å². The van der Waals surface area contributed by atoms with Crippen LogP contribution in [0.5, 0.6) is 0 Å². The number of furan rings is 1. The van der Waals surface area contributed by atoms with Crippen LogP contribution >= 0.6 is 0 Å². The minimum absolute atomic E-state index is 0.0915. The van der Waals surface area contributed by atoms with E-state index in [1.54, 1.807) is 36.8 Å². The van der Waals surface area contributed by atoms with Crippen LogP contribution < -0.4 is 11.3 Å². The SMILES string of the molecule is CS(=O)(=O)c1ccc(C(Cc2ccoc2)NN)cc1. The molecule has 0 bridgehead atoms. The van der Waals surface area contributed by atoms with Gasteiger partial charge in [-0.2, -0.15) is 0 Å². The standard InChI is InChI=1S/C13H16N2O3S/c1-19(16,17)12-4-2-11(3-5-12)13(15-14)8-10-6-7-18-9-10/h2-7,9,13,15H,8,14H2,1H3. The highest BCUT2D eigenvalue weighted by Gasteiger charge is 2.13. The smallest absolute Gasteiger partial charge is 0.175 e. The molecule has 0 saturated heterocycles. The molecule has 0 aliphatic rings. The number of hydrogen-bond acceptors (Lipinski definition) is 5. The maximum atomic E-state index is 11.4. The van der Waals surface area contributed by atoms with Gasteiger partial charge in [0.2, 0.25) is 0 Å². The van der Waals surface area contributed by atoms with Crippen molar-refractivity contribution >= 4 is 9.84 Å². The van der Waals surface area contributed by atoms with Crippen molar-refractivity contribution in [2.45, 2.75) is 17.4 Å². The molecular weight excluding hydrogens is 264 g/mol. The van der Waals surface area contributed by atoms with E-state index in [1.807, 2.05) is 6.07 Å². The number of sulfone groups is 1. The van der Waals surface area contributed by atoms with Crippen molar-refractivity contribution in [3.8, 4) is 0 Å². The molecule has 1 heterocycles. The lowest BCUT2D eigenvalue weighted by Crippen LogP contribution is -2.29. The quantitative estimate of drug-likeness (QED) is 0.639. The summed E-state index contributed by atoms with van der Waals surface area (Å²) >= 11 is 0. The Hall–Kier alpha value is -1.63. The first kappa shape index (κ1) is 13.8. The van der Waals surface area contributed by atoms with Crippen LogP contribution in [0.15, 0.2) is 52.2 Å². The Balaban J connectivity index is 2.20. The van der Waals surface area contributed by atoms with Gasteiger partial charge >= 0.3 is 0 Å². The third-order valence-corrected chi connectivity index (χ3v) is 4.06. The fraction of sp³-hybridized carbons (Fsp3) is 0.231. The molecule has 0 fully saturated rings. The first-order valence-electron chi connectivity index (χ1n) is 5.78. The topological polar surface area (TPSA) is 85.3 Å². The highest BCUT2D eigenvalue weighted by Crippen LogP contribution is 2.20. The number of hydrazine groups is 1. The predicted molar refractivity (Wildman–Crippen MR) is 72.0 cm³/mol. The van der Waals surface area contributed by atoms with Crippen LogP contribution in [-0.4, -0.2) is 14.7 Å². The molecule has 2 rings (SSSR count). The van der Waals surface area contributed by atoms with Gasteiger partial charge in [0, 0.05) is 6.26 Å². The molecule has 6 heteroatoms. The summed E-state index contributed by atoms with van der Waals surface area (Å²) in [6, 6.07) is 8.48. The molecule has 1 aromatic heterocycles. The van der Waals surface area contributed by atoms with E-state index < -0.39 is 9.84 Å². The van der Waals surface area contributed by atoms with Crippen molar-refractivity contribution in [3.63, 3.8) is 0 Å². The first-order chi connectivity index (χ1) is 9.00. The van der Waals surface area contributed by atoms with Crippen molar-refractivity contribution in [2.24, 2.45) is 5.84 Å². The molecule has 2 aromatic rings. The minimum atomic E-state index is -3.17. The van der Waals surface area contributed by atoms with Crippen LogP contribution in [0.3, 0.4) is 0 Å². The van der Waals surface area contributed by atoms with Crippen molar-refractivity contribution < 1.29 is 12.8 Å². The third-order valence-electron chi connectivity index (χ3n) is 2.93. The summed E-state index contributed by atoms with van der Waals surface area (Å²) < 4.78 is 27.8. The van der Waals surface area contributed by atoms with E-state index in [4.69, 9.17) is 10.3 Å². The Morgan fingerprint density at radius 3 is 2.42 bits per heavy atom. The number of nitrogens with one attached hydrogen (secondary N) is 1. The molecule has 0 saturated carbocycles. The third kappa shape index (κ3) is 3.44. The fourth-order valence-electron chi connectivity index (χ4n) is 1.86. The summed E-state index contributed by atoms with van der Waals surface area (Å²) in [5.41, 5.74) is 4.67. The zero-order chi connectivity index (χ0) is 13.9. The molecule has 1 aromatic carbocycles. The van der Waals surface area contributed by atoms with Crippen LogP contribution in [0.25, 0.3) is 0 Å². The maximum absolute atomic E-state index is 11.4. The largest absolute Gasteiger partial charge is 0.472 e. The molecule has 1 unspecified atom stereocenters. The Kier molecular flexibility index (Phi) is 4.04. The molecular formula is C13H16N2O3S. The lowest BCUT2D eigenvalue weighted by atomic mass is 10.0. The number of nitrogens with two attached hydrogens (primary N) is 1. The summed E-state index contributed by atoms with van der Waals surface area (Å²) in [6.45, 7) is 0. The van der Waals surface area contributed by atoms with Crippen LogP contribution in [0.4, 0.5) is 0 Å². The van der Waals surface area contributed by atoms with Gasteiger partial charge in [0.1, 0.15) is 0 Å². The molecule has 0 radical (unpaired) electrons. The van der Waals surface area contributed by atoms with E-state index in [0.29, 0.717) is 11.3 Å². The molecule has 0 aliphatic heterocycles. The van der Waals surface area contributed by atoms with Crippen LogP contribution in [0, 0.1) is 0 Å². The van der Waals surface area contributed by atoms with Gasteiger partial charge in [0.15, 0.2) is 9.84 Å². The molecule has 102 valence electrons. The van der Waals surface area contributed by atoms with E-state index in [-0.39, 0.29) is 6.04 Å². The van der Waals surface area contributed by atoms with Gasteiger partial charge in [-0.25, -0.2) is 8.42 Å². The highest BCUT2D eigenvalue weighted by atomic mass is 32.2. The van der Waals surface area contributed by atoms with E-state index in [0.717, 1.165) is 11.1 Å². The average molecular weight is 280 g/mol. The highest BCUT2D eigenvalue weighted by molar-refractivity contribution is 7.90. The number of rotatable bonds is 5. The van der Waals surface area contributed by atoms with Crippen molar-refractivity contribution in [1.29, 1.82) is 0 Å². The van der Waals surface area contributed by atoms with Crippen LogP contribution in [0.1, 0.15) is 17.2 Å². The second-order valence-electron chi connectivity index (χ2n) is 4.40.